The third-order valence-corrected chi connectivity index (χ3v) is 3.94. The van der Waals surface area contributed by atoms with E-state index in [0.29, 0.717) is 0 Å². The van der Waals surface area contributed by atoms with Gasteiger partial charge in [-0.25, -0.2) is 0 Å². The first-order valence-corrected chi connectivity index (χ1v) is 7.50. The van der Waals surface area contributed by atoms with Crippen molar-refractivity contribution in [2.45, 2.75) is 12.8 Å². The molecule has 2 aromatic rings. The van der Waals surface area contributed by atoms with E-state index in [4.69, 9.17) is 0 Å². The Labute approximate surface area is 125 Å². The zero-order valence-corrected chi connectivity index (χ0v) is 12.0. The first-order chi connectivity index (χ1) is 10.3. The fourth-order valence-electron chi connectivity index (χ4n) is 2.77. The van der Waals surface area contributed by atoms with Gasteiger partial charge in [0.25, 0.3) is 0 Å². The van der Waals surface area contributed by atoms with Gasteiger partial charge in [0, 0.05) is 17.8 Å². The highest BCUT2D eigenvalue weighted by atomic mass is 16.1. The Morgan fingerprint density at radius 1 is 1.05 bits per heavy atom. The molecule has 1 fully saturated rings. The molecule has 1 heterocycles. The summed E-state index contributed by atoms with van der Waals surface area (Å²) < 4.78 is 0. The van der Waals surface area contributed by atoms with Crippen LogP contribution in [0.3, 0.4) is 0 Å². The minimum atomic E-state index is 0.0718. The summed E-state index contributed by atoms with van der Waals surface area (Å²) in [6.45, 7) is 1.80. The zero-order valence-electron chi connectivity index (χ0n) is 12.0. The summed E-state index contributed by atoms with van der Waals surface area (Å²) in [5, 5.41) is 6.39. The van der Waals surface area contributed by atoms with Gasteiger partial charge in [0.15, 0.2) is 0 Å². The van der Waals surface area contributed by atoms with Gasteiger partial charge in [-0.05, 0) is 31.0 Å². The average molecular weight is 280 g/mol. The summed E-state index contributed by atoms with van der Waals surface area (Å²) in [5.41, 5.74) is 3.07. The van der Waals surface area contributed by atoms with Crippen molar-refractivity contribution in [3.05, 3.63) is 54.6 Å². The number of amides is 1. The third kappa shape index (κ3) is 3.31. The van der Waals surface area contributed by atoms with Gasteiger partial charge < -0.3 is 10.6 Å². The monoisotopic (exact) mass is 280 g/mol. The van der Waals surface area contributed by atoms with Crippen molar-refractivity contribution in [1.82, 2.24) is 5.32 Å². The number of para-hydroxylation sites is 1. The molecule has 2 aromatic carbocycles. The lowest BCUT2D eigenvalue weighted by atomic mass is 9.98. The Hall–Kier alpha value is -2.13. The number of hydrogen-bond acceptors (Lipinski definition) is 2. The topological polar surface area (TPSA) is 41.1 Å². The summed E-state index contributed by atoms with van der Waals surface area (Å²) in [6, 6.07) is 18.1. The number of anilines is 1. The van der Waals surface area contributed by atoms with Crippen molar-refractivity contribution in [1.29, 1.82) is 0 Å². The summed E-state index contributed by atoms with van der Waals surface area (Å²) in [5.74, 6) is 0.188. The van der Waals surface area contributed by atoms with Crippen molar-refractivity contribution < 1.29 is 4.79 Å². The molecule has 108 valence electrons. The highest BCUT2D eigenvalue weighted by Crippen LogP contribution is 2.28. The fourth-order valence-corrected chi connectivity index (χ4v) is 2.77. The van der Waals surface area contributed by atoms with Crippen LogP contribution in [0.5, 0.6) is 0 Å². The van der Waals surface area contributed by atoms with Crippen molar-refractivity contribution in [2.75, 3.05) is 18.4 Å². The summed E-state index contributed by atoms with van der Waals surface area (Å²) >= 11 is 0. The molecule has 0 unspecified atom stereocenters. The van der Waals surface area contributed by atoms with E-state index in [1.807, 2.05) is 42.5 Å². The zero-order chi connectivity index (χ0) is 14.5. The second kappa shape index (κ2) is 6.55. The maximum absolute atomic E-state index is 12.4. The highest BCUT2D eigenvalue weighted by Gasteiger charge is 2.21. The Bertz CT molecular complexity index is 604. The average Bonchev–Trinajstić information content (AvgIpc) is 2.57. The number of benzene rings is 2. The molecule has 0 spiro atoms. The molecule has 1 aliphatic rings. The van der Waals surface area contributed by atoms with E-state index in [1.165, 1.54) is 0 Å². The van der Waals surface area contributed by atoms with Crippen LogP contribution in [0.15, 0.2) is 54.6 Å². The number of hydrogen-bond donors (Lipinski definition) is 2. The molecule has 0 saturated carbocycles. The van der Waals surface area contributed by atoms with Gasteiger partial charge in [-0.2, -0.15) is 0 Å². The number of nitrogens with one attached hydrogen (secondary N) is 2. The predicted octanol–water partition coefficient (Wildman–Crippen LogP) is 3.29. The van der Waals surface area contributed by atoms with Crippen molar-refractivity contribution in [3.63, 3.8) is 0 Å². The predicted molar refractivity (Wildman–Crippen MR) is 86.1 cm³/mol. The number of carbonyl (C=O) groups is 1. The smallest absolute Gasteiger partial charge is 0.228 e. The lowest BCUT2D eigenvalue weighted by molar-refractivity contribution is -0.120. The van der Waals surface area contributed by atoms with E-state index in [0.717, 1.165) is 42.7 Å². The second-order valence-electron chi connectivity index (χ2n) is 5.44. The van der Waals surface area contributed by atoms with Gasteiger partial charge in [-0.3, -0.25) is 4.79 Å². The van der Waals surface area contributed by atoms with Crippen LogP contribution < -0.4 is 10.6 Å². The van der Waals surface area contributed by atoms with E-state index in [2.05, 4.69) is 22.8 Å². The van der Waals surface area contributed by atoms with Crippen molar-refractivity contribution in [2.24, 2.45) is 5.92 Å². The van der Waals surface area contributed by atoms with E-state index in [9.17, 15) is 4.79 Å². The maximum atomic E-state index is 12.4. The summed E-state index contributed by atoms with van der Waals surface area (Å²) in [6.07, 6.45) is 2.03. The van der Waals surface area contributed by atoms with Gasteiger partial charge in [0.1, 0.15) is 0 Å². The van der Waals surface area contributed by atoms with Crippen LogP contribution in [0.1, 0.15) is 12.8 Å². The van der Waals surface area contributed by atoms with Crippen LogP contribution in [0, 0.1) is 5.92 Å². The molecule has 0 aromatic heterocycles. The second-order valence-corrected chi connectivity index (χ2v) is 5.44. The molecule has 2 N–H and O–H groups in total. The largest absolute Gasteiger partial charge is 0.325 e. The third-order valence-electron chi connectivity index (χ3n) is 3.94. The molecule has 0 radical (unpaired) electrons. The van der Waals surface area contributed by atoms with Gasteiger partial charge in [-0.15, -0.1) is 0 Å². The Balaban J connectivity index is 1.81. The molecule has 1 aliphatic heterocycles. The minimum absolute atomic E-state index is 0.0718. The SMILES string of the molecule is O=C(Nc1ccccc1-c1ccccc1)[C@H]1CCCNC1. The van der Waals surface area contributed by atoms with Crippen molar-refractivity contribution in [3.8, 4) is 11.1 Å². The maximum Gasteiger partial charge on any atom is 0.228 e. The lowest BCUT2D eigenvalue weighted by Crippen LogP contribution is -2.37. The van der Waals surface area contributed by atoms with Crippen LogP contribution in [-0.4, -0.2) is 19.0 Å². The summed E-state index contributed by atoms with van der Waals surface area (Å²) in [7, 11) is 0. The molecule has 3 nitrogen and oxygen atoms in total. The van der Waals surface area contributed by atoms with Gasteiger partial charge in [0.05, 0.1) is 5.92 Å². The van der Waals surface area contributed by atoms with Gasteiger partial charge in [-0.1, -0.05) is 48.5 Å². The van der Waals surface area contributed by atoms with Crippen LogP contribution in [0.2, 0.25) is 0 Å². The molecular formula is C18H20N2O. The summed E-state index contributed by atoms with van der Waals surface area (Å²) in [4.78, 5) is 12.4. The highest BCUT2D eigenvalue weighted by molar-refractivity contribution is 5.96. The number of carbonyl (C=O) groups excluding carboxylic acids is 1. The van der Waals surface area contributed by atoms with Crippen LogP contribution in [-0.2, 0) is 4.79 Å². The molecule has 1 amide bonds. The van der Waals surface area contributed by atoms with Crippen LogP contribution in [0.4, 0.5) is 5.69 Å². The van der Waals surface area contributed by atoms with Crippen LogP contribution >= 0.6 is 0 Å². The van der Waals surface area contributed by atoms with Gasteiger partial charge >= 0.3 is 0 Å². The normalized spacial score (nSPS) is 18.2. The quantitative estimate of drug-likeness (QED) is 0.906. The van der Waals surface area contributed by atoms with Crippen LogP contribution in [0.25, 0.3) is 11.1 Å². The Kier molecular flexibility index (Phi) is 4.31. The number of rotatable bonds is 3. The molecule has 0 bridgehead atoms. The Morgan fingerprint density at radius 2 is 1.81 bits per heavy atom. The van der Waals surface area contributed by atoms with E-state index in [-0.39, 0.29) is 11.8 Å². The molecular weight excluding hydrogens is 260 g/mol. The van der Waals surface area contributed by atoms with Gasteiger partial charge in [0.2, 0.25) is 5.91 Å². The van der Waals surface area contributed by atoms with E-state index < -0.39 is 0 Å². The molecule has 0 aliphatic carbocycles. The molecule has 3 heteroatoms. The van der Waals surface area contributed by atoms with E-state index in [1.54, 1.807) is 0 Å². The molecule has 1 saturated heterocycles. The standard InChI is InChI=1S/C18H20N2O/c21-18(15-9-6-12-19-13-15)20-17-11-5-4-10-16(17)14-7-2-1-3-8-14/h1-5,7-8,10-11,15,19H,6,9,12-13H2,(H,20,21)/t15-/m0/s1. The minimum Gasteiger partial charge on any atom is -0.325 e. The molecule has 21 heavy (non-hydrogen) atoms. The number of piperidine rings is 1. The fraction of sp³-hybridized carbons (Fsp3) is 0.278. The Morgan fingerprint density at radius 3 is 2.57 bits per heavy atom. The van der Waals surface area contributed by atoms with E-state index >= 15 is 0 Å². The molecule has 1 atom stereocenters. The first kappa shape index (κ1) is 13.8. The first-order valence-electron chi connectivity index (χ1n) is 7.50. The lowest BCUT2D eigenvalue weighted by Gasteiger charge is -2.22. The van der Waals surface area contributed by atoms with Crippen molar-refractivity contribution >= 4 is 11.6 Å². The molecule has 3 rings (SSSR count).